The molecular formula is C16H22N2O2. The molecule has 0 saturated carbocycles. The van der Waals surface area contributed by atoms with Gasteiger partial charge in [-0.05, 0) is 26.3 Å². The Hall–Kier alpha value is -1.86. The first-order valence-corrected chi connectivity index (χ1v) is 6.96. The highest BCUT2D eigenvalue weighted by atomic mass is 16.2. The van der Waals surface area contributed by atoms with Crippen LogP contribution in [0.25, 0.3) is 0 Å². The normalized spacial score (nSPS) is 10.1. The van der Waals surface area contributed by atoms with E-state index in [-0.39, 0.29) is 18.6 Å². The van der Waals surface area contributed by atoms with E-state index < -0.39 is 0 Å². The first-order chi connectivity index (χ1) is 9.61. The van der Waals surface area contributed by atoms with Crippen LogP contribution in [0, 0.1) is 11.8 Å². The molecule has 0 atom stereocenters. The highest BCUT2D eigenvalue weighted by Crippen LogP contribution is 2.12. The molecular weight excluding hydrogens is 252 g/mol. The summed E-state index contributed by atoms with van der Waals surface area (Å²) in [7, 11) is 0. The summed E-state index contributed by atoms with van der Waals surface area (Å²) in [6.45, 7) is 6.81. The third kappa shape index (κ3) is 4.36. The summed E-state index contributed by atoms with van der Waals surface area (Å²) in [5, 5.41) is 8.76. The van der Waals surface area contributed by atoms with Gasteiger partial charge in [-0.2, -0.15) is 0 Å². The molecule has 0 radical (unpaired) electrons. The Morgan fingerprint density at radius 1 is 1.50 bits per heavy atom. The van der Waals surface area contributed by atoms with Gasteiger partial charge in [0.1, 0.15) is 0 Å². The Kier molecular flexibility index (Phi) is 6.75. The highest BCUT2D eigenvalue weighted by molar-refractivity contribution is 5.96. The van der Waals surface area contributed by atoms with Crippen LogP contribution in [0.15, 0.2) is 18.5 Å². The van der Waals surface area contributed by atoms with Crippen LogP contribution < -0.4 is 0 Å². The fourth-order valence-corrected chi connectivity index (χ4v) is 1.88. The minimum Gasteiger partial charge on any atom is -0.395 e. The molecule has 1 aromatic heterocycles. The molecule has 1 aromatic rings. The zero-order chi connectivity index (χ0) is 15.0. The molecule has 1 N–H and O–H groups in total. The van der Waals surface area contributed by atoms with Gasteiger partial charge in [0.2, 0.25) is 0 Å². The third-order valence-electron chi connectivity index (χ3n) is 2.86. The van der Waals surface area contributed by atoms with E-state index in [2.05, 4.69) is 23.7 Å². The molecule has 0 bridgehead atoms. The van der Waals surface area contributed by atoms with E-state index in [9.17, 15) is 4.79 Å². The zero-order valence-corrected chi connectivity index (χ0v) is 12.4. The molecule has 0 aliphatic carbocycles. The number of carbonyl (C=O) groups excluding carboxylic acids is 1. The second-order valence-corrected chi connectivity index (χ2v) is 4.79. The van der Waals surface area contributed by atoms with Crippen LogP contribution in [-0.4, -0.2) is 40.1 Å². The maximum atomic E-state index is 12.6. The van der Waals surface area contributed by atoms with Crippen molar-refractivity contribution in [2.75, 3.05) is 13.2 Å². The number of aliphatic hydroxyl groups is 1. The molecule has 0 aromatic carbocycles. The lowest BCUT2D eigenvalue weighted by atomic mass is 10.1. The second kappa shape index (κ2) is 8.34. The van der Waals surface area contributed by atoms with Gasteiger partial charge >= 0.3 is 0 Å². The van der Waals surface area contributed by atoms with E-state index >= 15 is 0 Å². The van der Waals surface area contributed by atoms with Crippen LogP contribution in [0.1, 0.15) is 49.5 Å². The van der Waals surface area contributed by atoms with Gasteiger partial charge < -0.3 is 10.0 Å². The summed E-state index contributed by atoms with van der Waals surface area (Å²) in [4.78, 5) is 18.5. The number of carbonyl (C=O) groups is 1. The van der Waals surface area contributed by atoms with Gasteiger partial charge in [0.15, 0.2) is 0 Å². The van der Waals surface area contributed by atoms with Crippen molar-refractivity contribution in [1.29, 1.82) is 0 Å². The number of hydrogen-bond donors (Lipinski definition) is 1. The summed E-state index contributed by atoms with van der Waals surface area (Å²) in [5.41, 5.74) is 1.19. The average molecular weight is 274 g/mol. The largest absolute Gasteiger partial charge is 0.395 e. The first kappa shape index (κ1) is 16.2. The summed E-state index contributed by atoms with van der Waals surface area (Å²) < 4.78 is 0. The molecule has 0 fully saturated rings. The summed E-state index contributed by atoms with van der Waals surface area (Å²) >= 11 is 0. The van der Waals surface area contributed by atoms with E-state index in [4.69, 9.17) is 5.11 Å². The van der Waals surface area contributed by atoms with Gasteiger partial charge in [0, 0.05) is 31.4 Å². The van der Waals surface area contributed by atoms with Crippen molar-refractivity contribution in [3.63, 3.8) is 0 Å². The quantitative estimate of drug-likeness (QED) is 0.836. The van der Waals surface area contributed by atoms with Gasteiger partial charge in [0.25, 0.3) is 5.91 Å². The van der Waals surface area contributed by atoms with Crippen molar-refractivity contribution >= 4 is 5.91 Å². The van der Waals surface area contributed by atoms with Gasteiger partial charge in [-0.15, -0.1) is 0 Å². The standard InChI is InChI=1S/C16H22N2O2/c1-4-10-18(13(2)3)16(20)15-8-9-17-12-14(15)7-5-6-11-19/h8-9,12-13,19H,4,6,10-11H2,1-3H3. The van der Waals surface area contributed by atoms with Crippen LogP contribution in [0.4, 0.5) is 0 Å². The number of amides is 1. The topological polar surface area (TPSA) is 53.4 Å². The monoisotopic (exact) mass is 274 g/mol. The van der Waals surface area contributed by atoms with Crippen LogP contribution in [0.3, 0.4) is 0 Å². The van der Waals surface area contributed by atoms with Crippen LogP contribution in [-0.2, 0) is 0 Å². The fraction of sp³-hybridized carbons (Fsp3) is 0.500. The van der Waals surface area contributed by atoms with E-state index in [1.807, 2.05) is 18.7 Å². The van der Waals surface area contributed by atoms with E-state index in [0.29, 0.717) is 17.5 Å². The van der Waals surface area contributed by atoms with Gasteiger partial charge in [-0.1, -0.05) is 18.8 Å². The van der Waals surface area contributed by atoms with Crippen molar-refractivity contribution in [1.82, 2.24) is 9.88 Å². The van der Waals surface area contributed by atoms with Crippen molar-refractivity contribution in [2.45, 2.75) is 39.7 Å². The van der Waals surface area contributed by atoms with E-state index in [1.54, 1.807) is 18.5 Å². The molecule has 108 valence electrons. The predicted octanol–water partition coefficient (Wildman–Crippen LogP) is 2.08. The molecule has 0 saturated heterocycles. The fourth-order valence-electron chi connectivity index (χ4n) is 1.88. The lowest BCUT2D eigenvalue weighted by molar-refractivity contribution is 0.0705. The Morgan fingerprint density at radius 3 is 2.85 bits per heavy atom. The Bertz CT molecular complexity index is 501. The Labute approximate surface area is 120 Å². The molecule has 1 amide bonds. The Balaban J connectivity index is 3.06. The summed E-state index contributed by atoms with van der Waals surface area (Å²) in [6, 6.07) is 1.85. The van der Waals surface area contributed by atoms with Crippen LogP contribution in [0.5, 0.6) is 0 Å². The molecule has 0 aliphatic heterocycles. The number of pyridine rings is 1. The van der Waals surface area contributed by atoms with Gasteiger partial charge in [0.05, 0.1) is 17.7 Å². The Morgan fingerprint density at radius 2 is 2.25 bits per heavy atom. The molecule has 0 unspecified atom stereocenters. The molecule has 1 heterocycles. The number of nitrogens with zero attached hydrogens (tertiary/aromatic N) is 2. The van der Waals surface area contributed by atoms with E-state index in [1.165, 1.54) is 0 Å². The van der Waals surface area contributed by atoms with Gasteiger partial charge in [-0.25, -0.2) is 0 Å². The van der Waals surface area contributed by atoms with E-state index in [0.717, 1.165) is 13.0 Å². The molecule has 20 heavy (non-hydrogen) atoms. The number of rotatable bonds is 5. The van der Waals surface area contributed by atoms with Crippen molar-refractivity contribution in [2.24, 2.45) is 0 Å². The minimum absolute atomic E-state index is 0.0162. The molecule has 1 rings (SSSR count). The maximum Gasteiger partial charge on any atom is 0.255 e. The lowest BCUT2D eigenvalue weighted by Gasteiger charge is -2.26. The predicted molar refractivity (Wildman–Crippen MR) is 79.3 cm³/mol. The summed E-state index contributed by atoms with van der Waals surface area (Å²) in [6.07, 6.45) is 4.52. The molecule has 0 aliphatic rings. The van der Waals surface area contributed by atoms with Crippen molar-refractivity contribution in [3.8, 4) is 11.8 Å². The number of aliphatic hydroxyl groups excluding tert-OH is 1. The zero-order valence-electron chi connectivity index (χ0n) is 12.4. The summed E-state index contributed by atoms with van der Waals surface area (Å²) in [5.74, 6) is 5.73. The van der Waals surface area contributed by atoms with Crippen LogP contribution in [0.2, 0.25) is 0 Å². The van der Waals surface area contributed by atoms with Gasteiger partial charge in [-0.3, -0.25) is 9.78 Å². The lowest BCUT2D eigenvalue weighted by Crippen LogP contribution is -2.37. The average Bonchev–Trinajstić information content (AvgIpc) is 2.44. The molecule has 0 spiro atoms. The maximum absolute atomic E-state index is 12.6. The van der Waals surface area contributed by atoms with Crippen molar-refractivity contribution in [3.05, 3.63) is 29.6 Å². The highest BCUT2D eigenvalue weighted by Gasteiger charge is 2.19. The number of aromatic nitrogens is 1. The van der Waals surface area contributed by atoms with Crippen molar-refractivity contribution < 1.29 is 9.90 Å². The third-order valence-corrected chi connectivity index (χ3v) is 2.86. The van der Waals surface area contributed by atoms with Crippen LogP contribution >= 0.6 is 0 Å². The minimum atomic E-state index is -0.0162. The number of hydrogen-bond acceptors (Lipinski definition) is 3. The molecule has 4 nitrogen and oxygen atoms in total. The smallest absolute Gasteiger partial charge is 0.255 e. The second-order valence-electron chi connectivity index (χ2n) is 4.79. The molecule has 4 heteroatoms. The SMILES string of the molecule is CCCN(C(=O)c1ccncc1C#CCCO)C(C)C. The first-order valence-electron chi connectivity index (χ1n) is 6.96.